The number of hydrogen-bond acceptors (Lipinski definition) is 5. The van der Waals surface area contributed by atoms with Crippen LogP contribution in [0, 0.1) is 0 Å². The number of carboxylic acid groups (broad SMARTS) is 1. The van der Waals surface area contributed by atoms with E-state index in [-0.39, 0.29) is 5.69 Å². The Labute approximate surface area is 112 Å². The van der Waals surface area contributed by atoms with Gasteiger partial charge in [-0.3, -0.25) is 0 Å². The van der Waals surface area contributed by atoms with E-state index in [1.807, 2.05) is 0 Å². The predicted octanol–water partition coefficient (Wildman–Crippen LogP) is 0.487. The van der Waals surface area contributed by atoms with Crippen molar-refractivity contribution in [2.75, 3.05) is 44.6 Å². The molecule has 6 heteroatoms. The minimum atomic E-state index is -0.995. The number of anilines is 1. The molecule has 0 atom stereocenters. The van der Waals surface area contributed by atoms with Crippen molar-refractivity contribution in [3.63, 3.8) is 0 Å². The van der Waals surface area contributed by atoms with Gasteiger partial charge in [0.1, 0.15) is 5.69 Å². The number of rotatable bonds is 6. The highest BCUT2D eigenvalue weighted by Crippen LogP contribution is 2.06. The number of nitrogens with one attached hydrogen (secondary N) is 2. The van der Waals surface area contributed by atoms with Gasteiger partial charge in [0, 0.05) is 32.7 Å². The van der Waals surface area contributed by atoms with Crippen LogP contribution in [0.4, 0.5) is 5.69 Å². The monoisotopic (exact) mass is 264 g/mol. The summed E-state index contributed by atoms with van der Waals surface area (Å²) in [6.45, 7) is 6.36. The van der Waals surface area contributed by atoms with E-state index in [1.54, 1.807) is 12.3 Å². The number of carboxylic acids is 1. The molecule has 0 aromatic carbocycles. The van der Waals surface area contributed by atoms with Gasteiger partial charge in [0.25, 0.3) is 0 Å². The molecule has 1 saturated heterocycles. The maximum Gasteiger partial charge on any atom is 0.354 e. The molecule has 0 aliphatic carbocycles. The molecular formula is C13H20N4O2. The molecule has 1 aliphatic heterocycles. The molecule has 6 nitrogen and oxygen atoms in total. The molecule has 19 heavy (non-hydrogen) atoms. The van der Waals surface area contributed by atoms with Crippen LogP contribution in [0.25, 0.3) is 0 Å². The fourth-order valence-corrected chi connectivity index (χ4v) is 2.10. The largest absolute Gasteiger partial charge is 0.477 e. The minimum Gasteiger partial charge on any atom is -0.477 e. The lowest BCUT2D eigenvalue weighted by molar-refractivity contribution is 0.0690. The molecule has 0 saturated carbocycles. The molecule has 0 radical (unpaired) electrons. The maximum atomic E-state index is 10.7. The first-order valence-corrected chi connectivity index (χ1v) is 6.62. The molecule has 3 N–H and O–H groups in total. The Balaban J connectivity index is 1.66. The summed E-state index contributed by atoms with van der Waals surface area (Å²) in [6.07, 6.45) is 2.63. The number of pyridine rings is 1. The van der Waals surface area contributed by atoms with E-state index in [0.29, 0.717) is 0 Å². The first-order valence-electron chi connectivity index (χ1n) is 6.62. The second-order valence-corrected chi connectivity index (χ2v) is 4.61. The van der Waals surface area contributed by atoms with Crippen molar-refractivity contribution in [2.45, 2.75) is 6.42 Å². The number of hydrogen-bond donors (Lipinski definition) is 3. The lowest BCUT2D eigenvalue weighted by Gasteiger charge is -2.27. The topological polar surface area (TPSA) is 77.5 Å². The van der Waals surface area contributed by atoms with E-state index in [0.717, 1.165) is 51.4 Å². The Kier molecular flexibility index (Phi) is 5.11. The molecule has 1 fully saturated rings. The van der Waals surface area contributed by atoms with E-state index in [1.165, 1.54) is 6.07 Å². The summed E-state index contributed by atoms with van der Waals surface area (Å²) in [5.74, 6) is -0.995. The van der Waals surface area contributed by atoms with Crippen molar-refractivity contribution in [3.05, 3.63) is 24.0 Å². The van der Waals surface area contributed by atoms with Gasteiger partial charge < -0.3 is 20.6 Å². The number of piperazine rings is 1. The summed E-state index contributed by atoms with van der Waals surface area (Å²) in [4.78, 5) is 17.0. The highest BCUT2D eigenvalue weighted by molar-refractivity contribution is 5.85. The SMILES string of the molecule is O=C(O)c1ccc(NCCCN2CCNCC2)cn1. The molecule has 2 heterocycles. The molecule has 0 amide bonds. The van der Waals surface area contributed by atoms with Gasteiger partial charge in [-0.15, -0.1) is 0 Å². The third-order valence-electron chi connectivity index (χ3n) is 3.17. The molecule has 1 aromatic heterocycles. The van der Waals surface area contributed by atoms with E-state index >= 15 is 0 Å². The lowest BCUT2D eigenvalue weighted by atomic mass is 10.3. The van der Waals surface area contributed by atoms with Gasteiger partial charge in [-0.05, 0) is 25.1 Å². The second-order valence-electron chi connectivity index (χ2n) is 4.61. The van der Waals surface area contributed by atoms with Crippen molar-refractivity contribution < 1.29 is 9.90 Å². The van der Waals surface area contributed by atoms with E-state index in [9.17, 15) is 4.79 Å². The zero-order valence-electron chi connectivity index (χ0n) is 10.9. The summed E-state index contributed by atoms with van der Waals surface area (Å²) in [6, 6.07) is 3.27. The lowest BCUT2D eigenvalue weighted by Crippen LogP contribution is -2.44. The quantitative estimate of drug-likeness (QED) is 0.649. The number of carbonyl (C=O) groups is 1. The number of aromatic nitrogens is 1. The van der Waals surface area contributed by atoms with Gasteiger partial charge in [-0.25, -0.2) is 9.78 Å². The first-order chi connectivity index (χ1) is 9.25. The summed E-state index contributed by atoms with van der Waals surface area (Å²) < 4.78 is 0. The van der Waals surface area contributed by atoms with Crippen LogP contribution in [-0.4, -0.2) is 60.2 Å². The van der Waals surface area contributed by atoms with Gasteiger partial charge >= 0.3 is 5.97 Å². The molecule has 1 aliphatic rings. The molecule has 1 aromatic rings. The summed E-state index contributed by atoms with van der Waals surface area (Å²) in [5, 5.41) is 15.3. The van der Waals surface area contributed by atoms with Crippen LogP contribution < -0.4 is 10.6 Å². The summed E-state index contributed by atoms with van der Waals surface area (Å²) >= 11 is 0. The fourth-order valence-electron chi connectivity index (χ4n) is 2.10. The van der Waals surface area contributed by atoms with Crippen LogP contribution in [0.5, 0.6) is 0 Å². The zero-order valence-corrected chi connectivity index (χ0v) is 10.9. The van der Waals surface area contributed by atoms with Gasteiger partial charge in [0.2, 0.25) is 0 Å². The van der Waals surface area contributed by atoms with Crippen LogP contribution in [-0.2, 0) is 0 Å². The van der Waals surface area contributed by atoms with E-state index in [2.05, 4.69) is 20.5 Å². The molecule has 0 unspecified atom stereocenters. The smallest absolute Gasteiger partial charge is 0.354 e. The minimum absolute atomic E-state index is 0.0753. The third kappa shape index (κ3) is 4.50. The molecule has 104 valence electrons. The van der Waals surface area contributed by atoms with Gasteiger partial charge in [0.15, 0.2) is 0 Å². The van der Waals surface area contributed by atoms with Crippen LogP contribution in [0.3, 0.4) is 0 Å². The van der Waals surface area contributed by atoms with Crippen molar-refractivity contribution >= 4 is 11.7 Å². The first kappa shape index (κ1) is 13.8. The van der Waals surface area contributed by atoms with Crippen molar-refractivity contribution in [3.8, 4) is 0 Å². The van der Waals surface area contributed by atoms with Crippen LogP contribution in [0.1, 0.15) is 16.9 Å². The number of nitrogens with zero attached hydrogens (tertiary/aromatic N) is 2. The van der Waals surface area contributed by atoms with E-state index in [4.69, 9.17) is 5.11 Å². The summed E-state index contributed by atoms with van der Waals surface area (Å²) in [7, 11) is 0. The Bertz CT molecular complexity index is 402. The normalized spacial score (nSPS) is 16.2. The second kappa shape index (κ2) is 7.06. The summed E-state index contributed by atoms with van der Waals surface area (Å²) in [5.41, 5.74) is 0.941. The Hall–Kier alpha value is -1.66. The van der Waals surface area contributed by atoms with E-state index < -0.39 is 5.97 Å². The third-order valence-corrected chi connectivity index (χ3v) is 3.17. The Morgan fingerprint density at radius 2 is 2.21 bits per heavy atom. The molecule has 0 spiro atoms. The van der Waals surface area contributed by atoms with Crippen molar-refractivity contribution in [1.29, 1.82) is 0 Å². The highest BCUT2D eigenvalue weighted by atomic mass is 16.4. The Morgan fingerprint density at radius 3 is 2.84 bits per heavy atom. The molecule has 0 bridgehead atoms. The fraction of sp³-hybridized carbons (Fsp3) is 0.538. The van der Waals surface area contributed by atoms with Crippen LogP contribution >= 0.6 is 0 Å². The van der Waals surface area contributed by atoms with Gasteiger partial charge in [0.05, 0.1) is 11.9 Å². The zero-order chi connectivity index (χ0) is 13.5. The van der Waals surface area contributed by atoms with Gasteiger partial charge in [-0.2, -0.15) is 0 Å². The Morgan fingerprint density at radius 1 is 1.42 bits per heavy atom. The van der Waals surface area contributed by atoms with Gasteiger partial charge in [-0.1, -0.05) is 0 Å². The van der Waals surface area contributed by atoms with Crippen LogP contribution in [0.15, 0.2) is 18.3 Å². The molecule has 2 rings (SSSR count). The standard InChI is InChI=1S/C13H20N4O2/c18-13(19)12-3-2-11(10-16-12)15-4-1-7-17-8-5-14-6-9-17/h2-3,10,14-15H,1,4-9H2,(H,18,19). The average Bonchev–Trinajstić information content (AvgIpc) is 2.45. The van der Waals surface area contributed by atoms with Crippen molar-refractivity contribution in [2.24, 2.45) is 0 Å². The average molecular weight is 264 g/mol. The van der Waals surface area contributed by atoms with Crippen molar-refractivity contribution in [1.82, 2.24) is 15.2 Å². The highest BCUT2D eigenvalue weighted by Gasteiger charge is 2.08. The number of aromatic carboxylic acids is 1. The maximum absolute atomic E-state index is 10.7. The predicted molar refractivity (Wildman–Crippen MR) is 73.6 cm³/mol. The van der Waals surface area contributed by atoms with Crippen LogP contribution in [0.2, 0.25) is 0 Å². The molecular weight excluding hydrogens is 244 g/mol.